The fourth-order valence-electron chi connectivity index (χ4n) is 5.64. The summed E-state index contributed by atoms with van der Waals surface area (Å²) >= 11 is 2.01. The first-order valence-corrected chi connectivity index (χ1v) is 16.1. The monoisotopic (exact) mass is 597 g/mol. The number of hydrogen-bond donors (Lipinski definition) is 1. The first kappa shape index (κ1) is 42.3. The Kier molecular flexibility index (Phi) is 25.9. The molecule has 1 aromatic carbocycles. The number of aromatic hydroxyl groups is 1. The number of rotatable bonds is 5. The summed E-state index contributed by atoms with van der Waals surface area (Å²) in [6, 6.07) is 9.02. The van der Waals surface area contributed by atoms with Crippen LogP contribution in [0.15, 0.2) is 18.2 Å². The van der Waals surface area contributed by atoms with Gasteiger partial charge in [-0.25, -0.2) is 6.42 Å². The second kappa shape index (κ2) is 24.6. The average Bonchev–Trinajstić information content (AvgIpc) is 3.48. The Bertz CT molecular complexity index is 828. The van der Waals surface area contributed by atoms with Crippen LogP contribution in [0.2, 0.25) is 0 Å². The maximum absolute atomic E-state index is 11.6. The molecular weight excluding hydrogens is 542 g/mol. The van der Waals surface area contributed by atoms with Gasteiger partial charge in [0.25, 0.3) is 0 Å². The van der Waals surface area contributed by atoms with Gasteiger partial charge in [0, 0.05) is 24.0 Å². The van der Waals surface area contributed by atoms with Crippen LogP contribution in [-0.4, -0.2) is 35.6 Å². The Labute approximate surface area is 294 Å². The van der Waals surface area contributed by atoms with E-state index in [2.05, 4.69) is 47.1 Å². The number of unbranched alkanes of at least 4 members (excludes halogenated alkanes) is 1. The van der Waals surface area contributed by atoms with E-state index >= 15 is 0 Å². The van der Waals surface area contributed by atoms with Crippen molar-refractivity contribution in [1.29, 1.82) is 5.26 Å². The molecule has 6 atom stereocenters. The quantitative estimate of drug-likeness (QED) is 0.327. The molecule has 2 aliphatic carbocycles. The van der Waals surface area contributed by atoms with Crippen LogP contribution in [-0.2, 0) is 9.53 Å². The number of ketones is 1. The van der Waals surface area contributed by atoms with E-state index in [-0.39, 0.29) is 68.1 Å². The normalized spacial score (nSPS) is 26.6. The number of benzene rings is 1. The maximum atomic E-state index is 11.6. The molecule has 3 fully saturated rings. The van der Waals surface area contributed by atoms with Gasteiger partial charge in [0.1, 0.15) is 5.78 Å². The number of carbonyl (C=O) groups excluding carboxylic acids is 1. The fourth-order valence-corrected chi connectivity index (χ4v) is 7.04. The minimum atomic E-state index is -0.0139. The molecule has 1 saturated heterocycles. The van der Waals surface area contributed by atoms with Gasteiger partial charge < -0.3 is 23.2 Å². The van der Waals surface area contributed by atoms with Crippen LogP contribution in [0.5, 0.6) is 5.75 Å². The van der Waals surface area contributed by atoms with Gasteiger partial charge in [0.05, 0.1) is 6.10 Å². The molecule has 0 bridgehead atoms. The molecule has 0 amide bonds. The number of phenolic OH excluding ortho intramolecular Hbond substituents is 1. The smallest absolute Gasteiger partial charge is 0.551 e. The van der Waals surface area contributed by atoms with E-state index in [1.54, 1.807) is 25.1 Å². The van der Waals surface area contributed by atoms with Crippen molar-refractivity contribution in [3.8, 4) is 11.8 Å². The topological polar surface area (TPSA) is 70.3 Å². The van der Waals surface area contributed by atoms with Crippen molar-refractivity contribution in [1.82, 2.24) is 0 Å². The molecule has 3 aliphatic rings. The molecule has 0 radical (unpaired) electrons. The van der Waals surface area contributed by atoms with Crippen LogP contribution in [0.1, 0.15) is 105 Å². The minimum Gasteiger partial charge on any atom is -0.551 e. The Morgan fingerprint density at radius 2 is 2.05 bits per heavy atom. The first-order chi connectivity index (χ1) is 18.6. The number of fused-ring (bicyclic) bond motifs is 1. The molecule has 0 aromatic heterocycles. The molecule has 1 heterocycles. The number of thioether (sulfide) groups is 1. The largest absolute Gasteiger partial charge is 1.00 e. The number of carbonyl (C=O) groups is 1. The SMILES string of the molecule is CC.CC(=O)C12CCCC1CC(C)C2.COC1CSCCC1C.N#Cc1[c-]cccc1O.[CH2-]C(C)C[CH-]CC.[K+]. The summed E-state index contributed by atoms with van der Waals surface area (Å²) in [5.74, 6) is 5.87. The van der Waals surface area contributed by atoms with Crippen molar-refractivity contribution in [3.05, 3.63) is 43.2 Å². The van der Waals surface area contributed by atoms with Crippen molar-refractivity contribution in [2.45, 2.75) is 106 Å². The van der Waals surface area contributed by atoms with Crippen molar-refractivity contribution in [3.63, 3.8) is 0 Å². The Hall–Kier alpha value is 0.126. The summed E-state index contributed by atoms with van der Waals surface area (Å²) in [5.41, 5.74) is 0.330. The second-order valence-corrected chi connectivity index (χ2v) is 12.2. The van der Waals surface area contributed by atoms with Gasteiger partial charge in [-0.3, -0.25) is 10.1 Å². The fraction of sp³-hybridized carbons (Fsp3) is 0.706. The third kappa shape index (κ3) is 15.6. The minimum absolute atomic E-state index is 0. The predicted molar refractivity (Wildman–Crippen MR) is 167 cm³/mol. The molecule has 1 N–H and O–H groups in total. The predicted octanol–water partition coefficient (Wildman–Crippen LogP) is 6.12. The summed E-state index contributed by atoms with van der Waals surface area (Å²) in [5, 5.41) is 17.1. The van der Waals surface area contributed by atoms with Crippen LogP contribution in [0.4, 0.5) is 0 Å². The van der Waals surface area contributed by atoms with Gasteiger partial charge in [-0.15, -0.1) is 24.3 Å². The number of nitrogens with zero attached hydrogens (tertiary/aromatic N) is 1. The molecule has 2 saturated carbocycles. The molecule has 1 aromatic rings. The molecule has 0 spiro atoms. The van der Waals surface area contributed by atoms with Gasteiger partial charge in [-0.2, -0.15) is 24.1 Å². The van der Waals surface area contributed by atoms with E-state index in [1.165, 1.54) is 62.5 Å². The summed E-state index contributed by atoms with van der Waals surface area (Å²) in [6.45, 7) is 18.5. The molecule has 6 heteroatoms. The number of Topliss-reactive ketones (excluding diaryl/α,β-unsaturated/α-hetero) is 1. The average molecular weight is 598 g/mol. The second-order valence-electron chi connectivity index (χ2n) is 11.0. The van der Waals surface area contributed by atoms with E-state index < -0.39 is 0 Å². The van der Waals surface area contributed by atoms with Crippen molar-refractivity contribution < 1.29 is 66.0 Å². The van der Waals surface area contributed by atoms with Crippen molar-refractivity contribution in [2.24, 2.45) is 29.1 Å². The Morgan fingerprint density at radius 3 is 2.45 bits per heavy atom. The molecule has 40 heavy (non-hydrogen) atoms. The molecule has 4 rings (SSSR count). The van der Waals surface area contributed by atoms with Gasteiger partial charge in [0.2, 0.25) is 0 Å². The Balaban J connectivity index is 0. The van der Waals surface area contributed by atoms with E-state index in [0.717, 1.165) is 24.2 Å². The number of nitriles is 1. The van der Waals surface area contributed by atoms with Crippen LogP contribution in [0.25, 0.3) is 0 Å². The van der Waals surface area contributed by atoms with Crippen LogP contribution >= 0.6 is 11.8 Å². The summed E-state index contributed by atoms with van der Waals surface area (Å²) in [7, 11) is 1.81. The van der Waals surface area contributed by atoms with Gasteiger partial charge in [-0.1, -0.05) is 48.0 Å². The number of ether oxygens (including phenoxy) is 1. The molecule has 1 aliphatic heterocycles. The third-order valence-corrected chi connectivity index (χ3v) is 8.89. The zero-order valence-electron chi connectivity index (χ0n) is 27.1. The maximum Gasteiger partial charge on any atom is 1.00 e. The van der Waals surface area contributed by atoms with Gasteiger partial charge in [0.15, 0.2) is 0 Å². The van der Waals surface area contributed by atoms with E-state index in [0.29, 0.717) is 17.8 Å². The van der Waals surface area contributed by atoms with Crippen LogP contribution in [0.3, 0.4) is 0 Å². The van der Waals surface area contributed by atoms with E-state index in [9.17, 15) is 4.79 Å². The first-order valence-electron chi connectivity index (χ1n) is 15.0. The molecule has 224 valence electrons. The number of phenols is 1. The van der Waals surface area contributed by atoms with E-state index in [4.69, 9.17) is 15.1 Å². The number of methoxy groups -OCH3 is 1. The summed E-state index contributed by atoms with van der Waals surface area (Å²) in [6.07, 6.45) is 12.7. The zero-order valence-corrected chi connectivity index (χ0v) is 31.0. The third-order valence-electron chi connectivity index (χ3n) is 7.80. The molecule has 6 unspecified atom stereocenters. The van der Waals surface area contributed by atoms with Crippen LogP contribution in [0, 0.1) is 59.8 Å². The molecular formula is C34H56KNO3S-2. The molecule has 4 nitrogen and oxygen atoms in total. The van der Waals surface area contributed by atoms with Crippen molar-refractivity contribution >= 4 is 17.5 Å². The Morgan fingerprint density at radius 1 is 1.38 bits per heavy atom. The standard InChI is InChI=1S/C11H18O.C7H4NO.C7H14OS.C7H14.C2H6.K/c1-8-6-10-4-3-5-11(10,7-8)9(2)12;8-5-6-3-1-2-4-7(6)9;1-6-3-4-9-5-7(6)8-2;1-4-5-6-7(2)3;1-2;/h8,10H,3-7H2,1-2H3;1-2,4,9H;6-7H,3-5H2,1-2H3;5,7H,2,4,6H2,1,3H3;1-2H3;/q;-1;;-2;;+1. The number of hydrogen-bond acceptors (Lipinski definition) is 5. The van der Waals surface area contributed by atoms with Crippen molar-refractivity contribution in [2.75, 3.05) is 18.6 Å². The van der Waals surface area contributed by atoms with Crippen LogP contribution < -0.4 is 51.4 Å². The van der Waals surface area contributed by atoms with E-state index in [1.807, 2.05) is 32.7 Å². The zero-order chi connectivity index (χ0) is 29.8. The van der Waals surface area contributed by atoms with Gasteiger partial charge in [-0.05, 0) is 74.2 Å². The summed E-state index contributed by atoms with van der Waals surface area (Å²) < 4.78 is 5.28. The van der Waals surface area contributed by atoms with Gasteiger partial charge >= 0.3 is 51.4 Å². The summed E-state index contributed by atoms with van der Waals surface area (Å²) in [4.78, 5) is 11.6.